The fourth-order valence-corrected chi connectivity index (χ4v) is 3.97. The Hall–Kier alpha value is -2.88. The number of urea groups is 1. The van der Waals surface area contributed by atoms with E-state index >= 15 is 0 Å². The number of hydrogen-bond donors (Lipinski definition) is 1. The van der Waals surface area contributed by atoms with Gasteiger partial charge in [0, 0.05) is 0 Å². The van der Waals surface area contributed by atoms with Crippen LogP contribution in [0.15, 0.2) is 35.9 Å². The molecule has 2 aromatic carbocycles. The number of carbonyl (C=O) groups is 3. The molecule has 0 atom stereocenters. The monoisotopic (exact) mass is 506 g/mol. The van der Waals surface area contributed by atoms with Crippen LogP contribution in [0.25, 0.3) is 6.08 Å². The number of benzene rings is 2. The third kappa shape index (κ3) is 3.98. The summed E-state index contributed by atoms with van der Waals surface area (Å²) in [4.78, 5) is 38.8. The number of nitrogens with zero attached hydrogens (tertiary/aromatic N) is 1. The number of ether oxygens (including phenoxy) is 2. The fraction of sp³-hybridized carbons (Fsp3) is 0.190. The molecule has 0 aromatic heterocycles. The molecule has 1 heterocycles. The van der Waals surface area contributed by atoms with Gasteiger partial charge in [0.15, 0.2) is 11.5 Å². The third-order valence-electron chi connectivity index (χ3n) is 4.46. The molecule has 0 unspecified atom stereocenters. The van der Waals surface area contributed by atoms with Gasteiger partial charge < -0.3 is 9.47 Å². The maximum atomic E-state index is 13.1. The van der Waals surface area contributed by atoms with E-state index in [2.05, 4.69) is 27.9 Å². The Labute approximate surface area is 181 Å². The molecule has 150 valence electrons. The first-order chi connectivity index (χ1) is 13.8. The van der Waals surface area contributed by atoms with Crippen LogP contribution in [0, 0.1) is 17.4 Å². The van der Waals surface area contributed by atoms with Crippen LogP contribution < -0.4 is 19.7 Å². The molecule has 1 aliphatic rings. The van der Waals surface area contributed by atoms with Crippen molar-refractivity contribution in [3.63, 3.8) is 0 Å². The normalized spacial score (nSPS) is 15.6. The topological polar surface area (TPSA) is 84.9 Å². The molecule has 2 aromatic rings. The van der Waals surface area contributed by atoms with Gasteiger partial charge in [-0.25, -0.2) is 9.69 Å². The Morgan fingerprint density at radius 1 is 1.03 bits per heavy atom. The van der Waals surface area contributed by atoms with E-state index < -0.39 is 17.8 Å². The largest absolute Gasteiger partial charge is 0.493 e. The summed E-state index contributed by atoms with van der Waals surface area (Å²) in [6, 6.07) is 8.01. The lowest BCUT2D eigenvalue weighted by atomic mass is 10.0. The Kier molecular flexibility index (Phi) is 5.92. The summed E-state index contributed by atoms with van der Waals surface area (Å²) in [5.41, 5.74) is 2.61. The lowest BCUT2D eigenvalue weighted by Crippen LogP contribution is -2.54. The molecule has 1 saturated heterocycles. The highest BCUT2D eigenvalue weighted by molar-refractivity contribution is 14.1. The molecule has 0 saturated carbocycles. The summed E-state index contributed by atoms with van der Waals surface area (Å²) in [6.45, 7) is 3.72. The molecule has 1 aliphatic heterocycles. The number of methoxy groups -OCH3 is 2. The maximum Gasteiger partial charge on any atom is 0.335 e. The second-order valence-electron chi connectivity index (χ2n) is 6.49. The summed E-state index contributed by atoms with van der Waals surface area (Å²) in [5.74, 6) is -0.403. The summed E-state index contributed by atoms with van der Waals surface area (Å²) >= 11 is 2.08. The SMILES string of the molecule is COc1cc(/C=C2\C(=O)NC(=O)N(c3ccc(C)cc3C)C2=O)cc(I)c1OC. The molecule has 7 nitrogen and oxygen atoms in total. The van der Waals surface area contributed by atoms with Crippen LogP contribution in [0.5, 0.6) is 11.5 Å². The molecule has 0 bridgehead atoms. The van der Waals surface area contributed by atoms with Crippen molar-refractivity contribution in [2.24, 2.45) is 0 Å². The van der Waals surface area contributed by atoms with Gasteiger partial charge >= 0.3 is 6.03 Å². The number of amides is 4. The zero-order valence-corrected chi connectivity index (χ0v) is 18.5. The number of rotatable bonds is 4. The van der Waals surface area contributed by atoms with Crippen LogP contribution in [0.3, 0.4) is 0 Å². The lowest BCUT2D eigenvalue weighted by molar-refractivity contribution is -0.122. The molecule has 3 rings (SSSR count). The zero-order valence-electron chi connectivity index (χ0n) is 16.3. The maximum absolute atomic E-state index is 13.1. The minimum atomic E-state index is -0.772. The Morgan fingerprint density at radius 3 is 2.38 bits per heavy atom. The van der Waals surface area contributed by atoms with Gasteiger partial charge in [-0.05, 0) is 71.8 Å². The van der Waals surface area contributed by atoms with Crippen molar-refractivity contribution in [3.8, 4) is 11.5 Å². The van der Waals surface area contributed by atoms with Crippen molar-refractivity contribution >= 4 is 52.2 Å². The van der Waals surface area contributed by atoms with E-state index in [1.54, 1.807) is 31.2 Å². The van der Waals surface area contributed by atoms with Gasteiger partial charge in [-0.15, -0.1) is 0 Å². The van der Waals surface area contributed by atoms with E-state index in [4.69, 9.17) is 9.47 Å². The molecule has 1 fully saturated rings. The van der Waals surface area contributed by atoms with Gasteiger partial charge in [-0.2, -0.15) is 0 Å². The van der Waals surface area contributed by atoms with Crippen LogP contribution in [0.4, 0.5) is 10.5 Å². The number of hydrogen-bond acceptors (Lipinski definition) is 5. The van der Waals surface area contributed by atoms with E-state index in [0.29, 0.717) is 22.7 Å². The average molecular weight is 506 g/mol. The van der Waals surface area contributed by atoms with Crippen molar-refractivity contribution < 1.29 is 23.9 Å². The van der Waals surface area contributed by atoms with Crippen molar-refractivity contribution in [3.05, 3.63) is 56.2 Å². The molecule has 1 N–H and O–H groups in total. The number of halogens is 1. The smallest absolute Gasteiger partial charge is 0.335 e. The highest BCUT2D eigenvalue weighted by Crippen LogP contribution is 2.34. The third-order valence-corrected chi connectivity index (χ3v) is 5.26. The fourth-order valence-electron chi connectivity index (χ4n) is 3.12. The average Bonchev–Trinajstić information content (AvgIpc) is 2.66. The second-order valence-corrected chi connectivity index (χ2v) is 7.65. The molecule has 0 aliphatic carbocycles. The predicted octanol–water partition coefficient (Wildman–Crippen LogP) is 3.59. The van der Waals surface area contributed by atoms with Crippen LogP contribution >= 0.6 is 22.6 Å². The highest BCUT2D eigenvalue weighted by atomic mass is 127. The summed E-state index contributed by atoms with van der Waals surface area (Å²) in [5, 5.41) is 2.24. The van der Waals surface area contributed by atoms with Crippen molar-refractivity contribution in [1.29, 1.82) is 0 Å². The van der Waals surface area contributed by atoms with Gasteiger partial charge in [0.1, 0.15) is 5.57 Å². The molecule has 29 heavy (non-hydrogen) atoms. The Morgan fingerprint density at radius 2 is 1.76 bits per heavy atom. The second kappa shape index (κ2) is 8.24. The quantitative estimate of drug-likeness (QED) is 0.390. The first-order valence-electron chi connectivity index (χ1n) is 8.67. The van der Waals surface area contributed by atoms with Crippen LogP contribution in [0.2, 0.25) is 0 Å². The first kappa shape index (κ1) is 20.8. The van der Waals surface area contributed by atoms with E-state index in [0.717, 1.165) is 19.6 Å². The standard InChI is InChI=1S/C21H19IN2O5/c1-11-5-6-16(12(2)7-11)24-20(26)14(19(25)23-21(24)27)8-13-9-15(22)18(29-4)17(10-13)28-3/h5-10H,1-4H3,(H,23,25,27)/b14-8+. The predicted molar refractivity (Wildman–Crippen MR) is 117 cm³/mol. The number of imide groups is 2. The van der Waals surface area contributed by atoms with E-state index in [9.17, 15) is 14.4 Å². The number of nitrogens with one attached hydrogen (secondary N) is 1. The van der Waals surface area contributed by atoms with E-state index in [-0.39, 0.29) is 5.57 Å². The highest BCUT2D eigenvalue weighted by Gasteiger charge is 2.37. The number of barbiturate groups is 1. The van der Waals surface area contributed by atoms with Crippen LogP contribution in [0.1, 0.15) is 16.7 Å². The summed E-state index contributed by atoms with van der Waals surface area (Å²) < 4.78 is 11.4. The summed E-state index contributed by atoms with van der Waals surface area (Å²) in [6.07, 6.45) is 1.44. The van der Waals surface area contributed by atoms with Crippen molar-refractivity contribution in [2.45, 2.75) is 13.8 Å². The molecular formula is C21H19IN2O5. The summed E-state index contributed by atoms with van der Waals surface area (Å²) in [7, 11) is 3.04. The van der Waals surface area contributed by atoms with Gasteiger partial charge in [0.25, 0.3) is 11.8 Å². The zero-order chi connectivity index (χ0) is 21.3. The molecule has 4 amide bonds. The van der Waals surface area contributed by atoms with Crippen LogP contribution in [-0.4, -0.2) is 32.1 Å². The van der Waals surface area contributed by atoms with Gasteiger partial charge in [0.05, 0.1) is 23.5 Å². The van der Waals surface area contributed by atoms with Crippen molar-refractivity contribution in [1.82, 2.24) is 5.32 Å². The number of anilines is 1. The number of aryl methyl sites for hydroxylation is 2. The molecule has 0 spiro atoms. The van der Waals surface area contributed by atoms with Crippen molar-refractivity contribution in [2.75, 3.05) is 19.1 Å². The van der Waals surface area contributed by atoms with Gasteiger partial charge in [0.2, 0.25) is 0 Å². The lowest BCUT2D eigenvalue weighted by Gasteiger charge is -2.27. The Balaban J connectivity index is 2.07. The van der Waals surface area contributed by atoms with Gasteiger partial charge in [-0.3, -0.25) is 14.9 Å². The minimum absolute atomic E-state index is 0.146. The molecule has 8 heteroatoms. The first-order valence-corrected chi connectivity index (χ1v) is 9.75. The minimum Gasteiger partial charge on any atom is -0.493 e. The van der Waals surface area contributed by atoms with E-state index in [1.165, 1.54) is 20.3 Å². The molecular weight excluding hydrogens is 487 g/mol. The number of carbonyl (C=O) groups excluding carboxylic acids is 3. The molecule has 0 radical (unpaired) electrons. The Bertz CT molecular complexity index is 1060. The van der Waals surface area contributed by atoms with E-state index in [1.807, 2.05) is 13.0 Å². The van der Waals surface area contributed by atoms with Crippen LogP contribution in [-0.2, 0) is 9.59 Å². The van der Waals surface area contributed by atoms with Gasteiger partial charge in [-0.1, -0.05) is 17.7 Å².